The fourth-order valence-electron chi connectivity index (χ4n) is 2.03. The first-order valence-electron chi connectivity index (χ1n) is 7.58. The van der Waals surface area contributed by atoms with Crippen molar-refractivity contribution in [1.29, 1.82) is 0 Å². The van der Waals surface area contributed by atoms with Crippen molar-refractivity contribution in [2.75, 3.05) is 20.8 Å². The summed E-state index contributed by atoms with van der Waals surface area (Å²) in [6, 6.07) is 9.18. The van der Waals surface area contributed by atoms with Crippen molar-refractivity contribution in [3.63, 3.8) is 0 Å². The molecule has 0 aliphatic carbocycles. The number of rotatable bonds is 8. The molecule has 0 aliphatic heterocycles. The molecule has 0 spiro atoms. The van der Waals surface area contributed by atoms with Gasteiger partial charge in [-0.1, -0.05) is 6.07 Å². The number of hydrogen-bond donors (Lipinski definition) is 2. The van der Waals surface area contributed by atoms with E-state index in [0.717, 1.165) is 6.07 Å². The highest BCUT2D eigenvalue weighted by molar-refractivity contribution is 5.85. The van der Waals surface area contributed by atoms with Crippen molar-refractivity contribution in [3.8, 4) is 23.0 Å². The molecule has 0 bridgehead atoms. The van der Waals surface area contributed by atoms with Crippen molar-refractivity contribution in [3.05, 3.63) is 52.1 Å². The molecule has 0 unspecified atom stereocenters. The zero-order valence-corrected chi connectivity index (χ0v) is 14.5. The number of hydrogen-bond acceptors (Lipinski definition) is 8. The van der Waals surface area contributed by atoms with E-state index in [4.69, 9.17) is 14.2 Å². The largest absolute Gasteiger partial charge is 0.500 e. The summed E-state index contributed by atoms with van der Waals surface area (Å²) >= 11 is 0. The number of carbonyl (C=O) groups is 1. The van der Waals surface area contributed by atoms with E-state index in [1.165, 1.54) is 26.5 Å². The van der Waals surface area contributed by atoms with Crippen LogP contribution < -0.4 is 19.6 Å². The van der Waals surface area contributed by atoms with Gasteiger partial charge in [0, 0.05) is 17.7 Å². The molecular weight excluding hydrogens is 358 g/mol. The predicted molar refractivity (Wildman–Crippen MR) is 95.5 cm³/mol. The smallest absolute Gasteiger partial charge is 0.315 e. The SMILES string of the molecule is COc1cccc(OCC(=O)N/N=C/c2cc(OC)c(O)c([N+](=O)[O-])c2)c1. The molecule has 0 aliphatic rings. The summed E-state index contributed by atoms with van der Waals surface area (Å²) in [4.78, 5) is 21.9. The van der Waals surface area contributed by atoms with Crippen LogP contribution in [0.3, 0.4) is 0 Å². The van der Waals surface area contributed by atoms with Crippen LogP contribution in [0.1, 0.15) is 5.56 Å². The molecule has 10 heteroatoms. The molecule has 0 aromatic heterocycles. The van der Waals surface area contributed by atoms with Gasteiger partial charge in [-0.25, -0.2) is 5.43 Å². The van der Waals surface area contributed by atoms with Gasteiger partial charge in [-0.15, -0.1) is 0 Å². The Kier molecular flexibility index (Phi) is 6.53. The van der Waals surface area contributed by atoms with Gasteiger partial charge in [0.05, 0.1) is 25.4 Å². The van der Waals surface area contributed by atoms with E-state index in [0.29, 0.717) is 11.5 Å². The Bertz CT molecular complexity index is 868. The van der Waals surface area contributed by atoms with Crippen LogP contribution in [0.2, 0.25) is 0 Å². The molecule has 0 saturated carbocycles. The first-order chi connectivity index (χ1) is 12.9. The number of phenolic OH excluding ortho intramolecular Hbond substituents is 1. The van der Waals surface area contributed by atoms with Gasteiger partial charge in [0.2, 0.25) is 5.75 Å². The van der Waals surface area contributed by atoms with Gasteiger partial charge in [0.15, 0.2) is 12.4 Å². The number of amides is 1. The zero-order chi connectivity index (χ0) is 19.8. The summed E-state index contributed by atoms with van der Waals surface area (Å²) in [6.45, 7) is -0.288. The summed E-state index contributed by atoms with van der Waals surface area (Å²) in [5, 5.41) is 24.4. The van der Waals surface area contributed by atoms with Crippen LogP contribution in [-0.4, -0.2) is 43.0 Å². The molecule has 27 heavy (non-hydrogen) atoms. The summed E-state index contributed by atoms with van der Waals surface area (Å²) in [6.07, 6.45) is 1.18. The van der Waals surface area contributed by atoms with E-state index in [9.17, 15) is 20.0 Å². The fraction of sp³-hybridized carbons (Fsp3) is 0.176. The van der Waals surface area contributed by atoms with Crippen LogP contribution in [0.4, 0.5) is 5.69 Å². The zero-order valence-electron chi connectivity index (χ0n) is 14.5. The number of nitrogens with zero attached hydrogens (tertiary/aromatic N) is 2. The first kappa shape index (κ1) is 19.5. The molecule has 2 N–H and O–H groups in total. The number of nitrogens with one attached hydrogen (secondary N) is 1. The third-order valence-corrected chi connectivity index (χ3v) is 3.31. The Hall–Kier alpha value is -3.82. The average molecular weight is 375 g/mol. The molecule has 0 heterocycles. The molecule has 0 atom stereocenters. The third-order valence-electron chi connectivity index (χ3n) is 3.31. The van der Waals surface area contributed by atoms with Crippen molar-refractivity contribution in [2.45, 2.75) is 0 Å². The second-order valence-corrected chi connectivity index (χ2v) is 5.11. The van der Waals surface area contributed by atoms with E-state index < -0.39 is 22.3 Å². The number of nitro benzene ring substituents is 1. The highest BCUT2D eigenvalue weighted by Crippen LogP contribution is 2.36. The minimum absolute atomic E-state index is 0.0849. The van der Waals surface area contributed by atoms with Gasteiger partial charge in [0.1, 0.15) is 11.5 Å². The number of nitro groups is 1. The Balaban J connectivity index is 1.97. The lowest BCUT2D eigenvalue weighted by atomic mass is 10.2. The topological polar surface area (TPSA) is 133 Å². The van der Waals surface area contributed by atoms with Crippen molar-refractivity contribution in [2.24, 2.45) is 5.10 Å². The van der Waals surface area contributed by atoms with Crippen molar-refractivity contribution < 1.29 is 29.0 Å². The Morgan fingerprint density at radius 3 is 2.67 bits per heavy atom. The lowest BCUT2D eigenvalue weighted by Crippen LogP contribution is -2.24. The number of methoxy groups -OCH3 is 2. The molecule has 10 nitrogen and oxygen atoms in total. The van der Waals surface area contributed by atoms with Crippen molar-refractivity contribution in [1.82, 2.24) is 5.43 Å². The number of phenols is 1. The number of carbonyl (C=O) groups excluding carboxylic acids is 1. The monoisotopic (exact) mass is 375 g/mol. The summed E-state index contributed by atoms with van der Waals surface area (Å²) in [5.41, 5.74) is 1.95. The lowest BCUT2D eigenvalue weighted by Gasteiger charge is -2.07. The third kappa shape index (κ3) is 5.33. The van der Waals surface area contributed by atoms with Crippen LogP contribution in [0, 0.1) is 10.1 Å². The maximum Gasteiger partial charge on any atom is 0.315 e. The maximum absolute atomic E-state index is 11.8. The molecular formula is C17H17N3O7. The number of hydrazone groups is 1. The molecule has 0 saturated heterocycles. The summed E-state index contributed by atoms with van der Waals surface area (Å²) in [7, 11) is 2.78. The fourth-order valence-corrected chi connectivity index (χ4v) is 2.03. The van der Waals surface area contributed by atoms with Crippen LogP contribution >= 0.6 is 0 Å². The molecule has 2 aromatic rings. The minimum atomic E-state index is -0.754. The lowest BCUT2D eigenvalue weighted by molar-refractivity contribution is -0.386. The first-order valence-corrected chi connectivity index (χ1v) is 7.58. The summed E-state index contributed by atoms with van der Waals surface area (Å²) < 4.78 is 15.2. The van der Waals surface area contributed by atoms with Gasteiger partial charge in [-0.3, -0.25) is 14.9 Å². The molecule has 142 valence electrons. The van der Waals surface area contributed by atoms with Crippen LogP contribution in [0.5, 0.6) is 23.0 Å². The number of ether oxygens (including phenoxy) is 3. The van der Waals surface area contributed by atoms with Gasteiger partial charge in [-0.2, -0.15) is 5.10 Å². The average Bonchev–Trinajstić information content (AvgIpc) is 2.67. The normalized spacial score (nSPS) is 10.4. The van der Waals surface area contributed by atoms with Crippen LogP contribution in [-0.2, 0) is 4.79 Å². The quantitative estimate of drug-likeness (QED) is 0.409. The highest BCUT2D eigenvalue weighted by Gasteiger charge is 2.19. The summed E-state index contributed by atoms with van der Waals surface area (Å²) in [5.74, 6) is -0.163. The van der Waals surface area contributed by atoms with Gasteiger partial charge >= 0.3 is 5.69 Å². The second-order valence-electron chi connectivity index (χ2n) is 5.11. The van der Waals surface area contributed by atoms with Crippen LogP contribution in [0.25, 0.3) is 0 Å². The molecule has 1 amide bonds. The number of aromatic hydroxyl groups is 1. The number of benzene rings is 2. The van der Waals surface area contributed by atoms with E-state index in [2.05, 4.69) is 10.5 Å². The van der Waals surface area contributed by atoms with E-state index >= 15 is 0 Å². The second kappa shape index (κ2) is 9.04. The van der Waals surface area contributed by atoms with Gasteiger partial charge in [0.25, 0.3) is 5.91 Å². The van der Waals surface area contributed by atoms with E-state index in [1.54, 1.807) is 24.3 Å². The Labute approximate surface area is 154 Å². The van der Waals surface area contributed by atoms with E-state index in [-0.39, 0.29) is 17.9 Å². The van der Waals surface area contributed by atoms with Gasteiger partial charge < -0.3 is 19.3 Å². The maximum atomic E-state index is 11.8. The molecule has 2 rings (SSSR count). The molecule has 2 aromatic carbocycles. The van der Waals surface area contributed by atoms with Crippen LogP contribution in [0.15, 0.2) is 41.5 Å². The van der Waals surface area contributed by atoms with Crippen molar-refractivity contribution >= 4 is 17.8 Å². The minimum Gasteiger partial charge on any atom is -0.500 e. The highest BCUT2D eigenvalue weighted by atomic mass is 16.6. The molecule has 0 fully saturated rings. The Morgan fingerprint density at radius 1 is 1.26 bits per heavy atom. The van der Waals surface area contributed by atoms with Gasteiger partial charge in [-0.05, 0) is 18.2 Å². The predicted octanol–water partition coefficient (Wildman–Crippen LogP) is 1.85. The molecule has 0 radical (unpaired) electrons. The Morgan fingerprint density at radius 2 is 2.00 bits per heavy atom. The van der Waals surface area contributed by atoms with E-state index in [1.807, 2.05) is 0 Å². The standard InChI is InChI=1S/C17H17N3O7/c1-25-12-4-3-5-13(8-12)27-10-16(21)19-18-9-11-6-14(20(23)24)17(22)15(7-11)26-2/h3-9,22H,10H2,1-2H3,(H,19,21)/b18-9+.